The highest BCUT2D eigenvalue weighted by atomic mass is 32.2. The zero-order valence-corrected chi connectivity index (χ0v) is 14.0. The number of hydrogen-bond acceptors (Lipinski definition) is 8. The van der Waals surface area contributed by atoms with E-state index in [2.05, 4.69) is 26.0 Å². The molecule has 0 aliphatic rings. The maximum Gasteiger partial charge on any atom is 0.239 e. The normalized spacial score (nSPS) is 12.2. The Labute approximate surface area is 141 Å². The van der Waals surface area contributed by atoms with Crippen molar-refractivity contribution in [1.82, 2.24) is 25.4 Å². The minimum atomic E-state index is -0.358. The Morgan fingerprint density at radius 3 is 3.04 bits per heavy atom. The SMILES string of the molecule is CC[C@@H](Sc1nnnn1Cc1ccco1)C(=O)Nc1cc(C)on1. The number of furan rings is 1. The zero-order valence-electron chi connectivity index (χ0n) is 13.2. The molecule has 0 aromatic carbocycles. The molecule has 3 aromatic heterocycles. The van der Waals surface area contributed by atoms with E-state index in [0.29, 0.717) is 29.7 Å². The Bertz CT molecular complexity index is 797. The molecule has 3 heterocycles. The molecule has 0 radical (unpaired) electrons. The fraction of sp³-hybridized carbons (Fsp3) is 0.357. The summed E-state index contributed by atoms with van der Waals surface area (Å²) in [4.78, 5) is 12.4. The Morgan fingerprint density at radius 1 is 1.50 bits per heavy atom. The number of thioether (sulfide) groups is 1. The van der Waals surface area contributed by atoms with Crippen LogP contribution in [0, 0.1) is 6.92 Å². The number of nitrogens with zero attached hydrogens (tertiary/aromatic N) is 5. The lowest BCUT2D eigenvalue weighted by Crippen LogP contribution is -2.25. The van der Waals surface area contributed by atoms with E-state index < -0.39 is 0 Å². The average Bonchev–Trinajstić information content (AvgIpc) is 3.29. The monoisotopic (exact) mass is 348 g/mol. The van der Waals surface area contributed by atoms with Crippen LogP contribution < -0.4 is 5.32 Å². The summed E-state index contributed by atoms with van der Waals surface area (Å²) in [6, 6.07) is 5.30. The van der Waals surface area contributed by atoms with Gasteiger partial charge in [0, 0.05) is 6.07 Å². The summed E-state index contributed by atoms with van der Waals surface area (Å²) in [6.45, 7) is 4.09. The van der Waals surface area contributed by atoms with Crippen molar-refractivity contribution < 1.29 is 13.7 Å². The van der Waals surface area contributed by atoms with E-state index in [1.807, 2.05) is 13.0 Å². The van der Waals surface area contributed by atoms with Crippen molar-refractivity contribution in [2.45, 2.75) is 37.2 Å². The maximum atomic E-state index is 12.4. The van der Waals surface area contributed by atoms with Gasteiger partial charge >= 0.3 is 0 Å². The molecule has 10 heteroatoms. The Balaban J connectivity index is 1.67. The number of nitrogens with one attached hydrogen (secondary N) is 1. The lowest BCUT2D eigenvalue weighted by molar-refractivity contribution is -0.115. The van der Waals surface area contributed by atoms with E-state index >= 15 is 0 Å². The fourth-order valence-electron chi connectivity index (χ4n) is 2.01. The summed E-state index contributed by atoms with van der Waals surface area (Å²) in [5, 5.41) is 18.3. The van der Waals surface area contributed by atoms with Gasteiger partial charge in [-0.1, -0.05) is 23.8 Å². The number of aryl methyl sites for hydroxylation is 1. The highest BCUT2D eigenvalue weighted by molar-refractivity contribution is 8.00. The molecule has 1 amide bonds. The second kappa shape index (κ2) is 7.30. The van der Waals surface area contributed by atoms with E-state index in [-0.39, 0.29) is 11.2 Å². The average molecular weight is 348 g/mol. The second-order valence-corrected chi connectivity index (χ2v) is 6.20. The third-order valence-electron chi connectivity index (χ3n) is 3.17. The van der Waals surface area contributed by atoms with Crippen molar-refractivity contribution in [1.29, 1.82) is 0 Å². The minimum absolute atomic E-state index is 0.177. The summed E-state index contributed by atoms with van der Waals surface area (Å²) >= 11 is 1.29. The van der Waals surface area contributed by atoms with Crippen LogP contribution in [0.3, 0.4) is 0 Å². The number of anilines is 1. The van der Waals surface area contributed by atoms with Crippen LogP contribution in [0.4, 0.5) is 5.82 Å². The van der Waals surface area contributed by atoms with Crippen molar-refractivity contribution in [3.63, 3.8) is 0 Å². The molecule has 1 atom stereocenters. The summed E-state index contributed by atoms with van der Waals surface area (Å²) in [5.41, 5.74) is 0. The smallest absolute Gasteiger partial charge is 0.239 e. The number of carbonyl (C=O) groups excluding carboxylic acids is 1. The predicted octanol–water partition coefficient (Wildman–Crippen LogP) is 2.12. The van der Waals surface area contributed by atoms with Gasteiger partial charge in [-0.05, 0) is 35.9 Å². The summed E-state index contributed by atoms with van der Waals surface area (Å²) in [7, 11) is 0. The maximum absolute atomic E-state index is 12.4. The van der Waals surface area contributed by atoms with Crippen molar-refractivity contribution >= 4 is 23.5 Å². The van der Waals surface area contributed by atoms with Gasteiger partial charge in [-0.3, -0.25) is 4.79 Å². The van der Waals surface area contributed by atoms with Gasteiger partial charge in [0.05, 0.1) is 11.5 Å². The van der Waals surface area contributed by atoms with Crippen LogP contribution >= 0.6 is 11.8 Å². The van der Waals surface area contributed by atoms with Crippen LogP contribution in [0.5, 0.6) is 0 Å². The van der Waals surface area contributed by atoms with Gasteiger partial charge in [-0.25, -0.2) is 4.68 Å². The van der Waals surface area contributed by atoms with E-state index in [1.54, 1.807) is 30.0 Å². The lowest BCUT2D eigenvalue weighted by atomic mass is 10.3. The van der Waals surface area contributed by atoms with E-state index in [4.69, 9.17) is 8.94 Å². The Kier molecular flexibility index (Phi) is 4.94. The Morgan fingerprint density at radius 2 is 2.38 bits per heavy atom. The molecular formula is C14H16N6O3S. The number of carbonyl (C=O) groups is 1. The van der Waals surface area contributed by atoms with Crippen LogP contribution in [0.25, 0.3) is 0 Å². The second-order valence-electron chi connectivity index (χ2n) is 5.03. The Hall–Kier alpha value is -2.62. The molecule has 0 aliphatic carbocycles. The topological polar surface area (TPSA) is 112 Å². The quantitative estimate of drug-likeness (QED) is 0.646. The van der Waals surface area contributed by atoms with Crippen molar-refractivity contribution in [3.8, 4) is 0 Å². The van der Waals surface area contributed by atoms with Gasteiger partial charge in [-0.2, -0.15) is 0 Å². The number of tetrazole rings is 1. The van der Waals surface area contributed by atoms with Gasteiger partial charge in [0.15, 0.2) is 5.82 Å². The first-order valence-electron chi connectivity index (χ1n) is 7.35. The molecule has 126 valence electrons. The van der Waals surface area contributed by atoms with Crippen LogP contribution in [0.15, 0.2) is 38.6 Å². The molecular weight excluding hydrogens is 332 g/mol. The van der Waals surface area contributed by atoms with Gasteiger partial charge in [0.25, 0.3) is 0 Å². The van der Waals surface area contributed by atoms with Crippen LogP contribution in [0.2, 0.25) is 0 Å². The third-order valence-corrected chi connectivity index (χ3v) is 4.51. The fourth-order valence-corrected chi connectivity index (χ4v) is 2.91. The molecule has 3 aromatic rings. The van der Waals surface area contributed by atoms with Gasteiger partial charge in [0.1, 0.15) is 18.1 Å². The highest BCUT2D eigenvalue weighted by Gasteiger charge is 2.22. The standard InChI is InChI=1S/C14H16N6O3S/c1-3-11(13(21)15-12-7-9(2)23-17-12)24-14-16-18-19-20(14)8-10-5-4-6-22-10/h4-7,11H,3,8H2,1-2H3,(H,15,17,21)/t11-/m1/s1. The van der Waals surface area contributed by atoms with E-state index in [1.165, 1.54) is 11.8 Å². The largest absolute Gasteiger partial charge is 0.467 e. The molecule has 1 N–H and O–H groups in total. The van der Waals surface area contributed by atoms with Gasteiger partial charge in [-0.15, -0.1) is 5.10 Å². The third kappa shape index (κ3) is 3.82. The molecule has 0 saturated heterocycles. The van der Waals surface area contributed by atoms with Crippen molar-refractivity contribution in [3.05, 3.63) is 36.0 Å². The van der Waals surface area contributed by atoms with E-state index in [9.17, 15) is 4.79 Å². The van der Waals surface area contributed by atoms with Crippen molar-refractivity contribution in [2.24, 2.45) is 0 Å². The number of amides is 1. The zero-order chi connectivity index (χ0) is 16.9. The number of hydrogen-bond donors (Lipinski definition) is 1. The number of aromatic nitrogens is 5. The van der Waals surface area contributed by atoms with E-state index in [0.717, 1.165) is 5.76 Å². The first-order valence-corrected chi connectivity index (χ1v) is 8.23. The molecule has 0 bridgehead atoms. The first kappa shape index (κ1) is 16.2. The molecule has 0 unspecified atom stereocenters. The molecule has 0 fully saturated rings. The minimum Gasteiger partial charge on any atom is -0.467 e. The molecule has 3 rings (SSSR count). The first-order chi connectivity index (χ1) is 11.7. The lowest BCUT2D eigenvalue weighted by Gasteiger charge is -2.12. The van der Waals surface area contributed by atoms with Crippen LogP contribution in [-0.2, 0) is 11.3 Å². The van der Waals surface area contributed by atoms with Gasteiger partial charge in [0.2, 0.25) is 11.1 Å². The molecule has 0 saturated carbocycles. The molecule has 0 aliphatic heterocycles. The molecule has 9 nitrogen and oxygen atoms in total. The van der Waals surface area contributed by atoms with Gasteiger partial charge < -0.3 is 14.3 Å². The van der Waals surface area contributed by atoms with Crippen molar-refractivity contribution in [2.75, 3.05) is 5.32 Å². The van der Waals surface area contributed by atoms with Crippen LogP contribution in [0.1, 0.15) is 24.9 Å². The highest BCUT2D eigenvalue weighted by Crippen LogP contribution is 2.24. The summed E-state index contributed by atoms with van der Waals surface area (Å²) < 4.78 is 11.8. The number of rotatable bonds is 7. The van der Waals surface area contributed by atoms with Crippen LogP contribution in [-0.4, -0.2) is 36.5 Å². The molecule has 24 heavy (non-hydrogen) atoms. The summed E-state index contributed by atoms with van der Waals surface area (Å²) in [6.07, 6.45) is 2.20. The molecule has 0 spiro atoms. The summed E-state index contributed by atoms with van der Waals surface area (Å²) in [5.74, 6) is 1.59. The predicted molar refractivity (Wildman–Crippen MR) is 85.4 cm³/mol.